The second kappa shape index (κ2) is 7.65. The van der Waals surface area contributed by atoms with Crippen molar-refractivity contribution < 1.29 is 4.79 Å². The fourth-order valence-corrected chi connectivity index (χ4v) is 3.58. The standard InChI is InChI=1S/C18H24N4O3/c1-19-11-13-5-4-9-21(12-13)16(23)8-10-22-15-7-3-2-6-14(15)17(24)20-18(22)25/h2-3,6-7,13,19H,4-5,8-12H2,1H3,(H,20,24,25). The van der Waals surface area contributed by atoms with Crippen LogP contribution >= 0.6 is 0 Å². The number of H-pyrrole nitrogens is 1. The maximum absolute atomic E-state index is 12.6. The summed E-state index contributed by atoms with van der Waals surface area (Å²) in [6.45, 7) is 2.72. The van der Waals surface area contributed by atoms with Gasteiger partial charge < -0.3 is 10.2 Å². The number of nitrogens with one attached hydrogen (secondary N) is 2. The van der Waals surface area contributed by atoms with Crippen molar-refractivity contribution in [3.8, 4) is 0 Å². The quantitative estimate of drug-likeness (QED) is 0.829. The molecule has 2 N–H and O–H groups in total. The normalized spacial score (nSPS) is 17.8. The number of carbonyl (C=O) groups is 1. The first-order valence-corrected chi connectivity index (χ1v) is 8.74. The summed E-state index contributed by atoms with van der Waals surface area (Å²) in [4.78, 5) is 40.8. The van der Waals surface area contributed by atoms with Gasteiger partial charge in [-0.15, -0.1) is 0 Å². The molecule has 25 heavy (non-hydrogen) atoms. The molecule has 7 heteroatoms. The molecular formula is C18H24N4O3. The summed E-state index contributed by atoms with van der Waals surface area (Å²) < 4.78 is 1.48. The number of nitrogens with zero attached hydrogens (tertiary/aromatic N) is 2. The Labute approximate surface area is 145 Å². The van der Waals surface area contributed by atoms with Crippen molar-refractivity contribution >= 4 is 16.8 Å². The molecule has 1 unspecified atom stereocenters. The molecule has 1 amide bonds. The monoisotopic (exact) mass is 344 g/mol. The number of aryl methyl sites for hydroxylation is 1. The van der Waals surface area contributed by atoms with Gasteiger partial charge in [-0.05, 0) is 44.5 Å². The molecule has 1 aromatic heterocycles. The van der Waals surface area contributed by atoms with Gasteiger partial charge in [0.2, 0.25) is 5.91 Å². The molecule has 3 rings (SSSR count). The van der Waals surface area contributed by atoms with Crippen molar-refractivity contribution in [1.82, 2.24) is 19.8 Å². The summed E-state index contributed by atoms with van der Waals surface area (Å²) >= 11 is 0. The fourth-order valence-electron chi connectivity index (χ4n) is 3.58. The Morgan fingerprint density at radius 2 is 2.12 bits per heavy atom. The first-order chi connectivity index (χ1) is 12.1. The molecule has 0 bridgehead atoms. The highest BCUT2D eigenvalue weighted by Gasteiger charge is 2.23. The number of aromatic nitrogens is 2. The maximum atomic E-state index is 12.6. The molecule has 2 aromatic rings. The third-order valence-corrected chi connectivity index (χ3v) is 4.82. The number of hydrogen-bond donors (Lipinski definition) is 2. The Balaban J connectivity index is 1.73. The van der Waals surface area contributed by atoms with Gasteiger partial charge >= 0.3 is 5.69 Å². The van der Waals surface area contributed by atoms with E-state index in [2.05, 4.69) is 10.3 Å². The molecule has 1 fully saturated rings. The van der Waals surface area contributed by atoms with E-state index in [1.54, 1.807) is 24.3 Å². The van der Waals surface area contributed by atoms with Gasteiger partial charge in [0.05, 0.1) is 10.9 Å². The number of piperidine rings is 1. The zero-order valence-corrected chi connectivity index (χ0v) is 14.5. The number of benzene rings is 1. The first-order valence-electron chi connectivity index (χ1n) is 8.74. The van der Waals surface area contributed by atoms with Crippen molar-refractivity contribution in [3.05, 3.63) is 45.1 Å². The van der Waals surface area contributed by atoms with Crippen molar-refractivity contribution in [1.29, 1.82) is 0 Å². The Bertz CT molecular complexity index is 868. The number of fused-ring (bicyclic) bond motifs is 1. The Hall–Kier alpha value is -2.41. The molecule has 134 valence electrons. The van der Waals surface area contributed by atoms with Crippen LogP contribution in [0.5, 0.6) is 0 Å². The lowest BCUT2D eigenvalue weighted by Crippen LogP contribution is -2.43. The molecule has 2 heterocycles. The highest BCUT2D eigenvalue weighted by molar-refractivity contribution is 5.79. The van der Waals surface area contributed by atoms with Gasteiger partial charge in [-0.25, -0.2) is 4.79 Å². The van der Waals surface area contributed by atoms with Gasteiger partial charge in [0.1, 0.15) is 0 Å². The topological polar surface area (TPSA) is 87.2 Å². The average Bonchev–Trinajstić information content (AvgIpc) is 2.62. The van der Waals surface area contributed by atoms with Crippen LogP contribution in [-0.2, 0) is 11.3 Å². The lowest BCUT2D eigenvalue weighted by molar-refractivity contribution is -0.133. The van der Waals surface area contributed by atoms with Crippen molar-refractivity contribution in [2.75, 3.05) is 26.7 Å². The average molecular weight is 344 g/mol. The zero-order chi connectivity index (χ0) is 17.8. The first kappa shape index (κ1) is 17.4. The number of amides is 1. The van der Waals surface area contributed by atoms with Crippen LogP contribution in [0.2, 0.25) is 0 Å². The summed E-state index contributed by atoms with van der Waals surface area (Å²) in [5, 5.41) is 3.63. The number of aromatic amines is 1. The van der Waals surface area contributed by atoms with E-state index in [9.17, 15) is 14.4 Å². The van der Waals surface area contributed by atoms with Crippen molar-refractivity contribution in [3.63, 3.8) is 0 Å². The number of para-hydroxylation sites is 1. The number of likely N-dealkylation sites (tertiary alicyclic amines) is 1. The molecule has 0 saturated carbocycles. The SMILES string of the molecule is CNCC1CCCN(C(=O)CCn2c(=O)[nH]c(=O)c3ccccc32)C1. The lowest BCUT2D eigenvalue weighted by atomic mass is 9.98. The molecule has 1 atom stereocenters. The highest BCUT2D eigenvalue weighted by Crippen LogP contribution is 2.17. The van der Waals surface area contributed by atoms with Crippen molar-refractivity contribution in [2.45, 2.75) is 25.8 Å². The summed E-state index contributed by atoms with van der Waals surface area (Å²) in [6.07, 6.45) is 2.40. The minimum atomic E-state index is -0.469. The van der Waals surface area contributed by atoms with E-state index in [4.69, 9.17) is 0 Å². The zero-order valence-electron chi connectivity index (χ0n) is 14.5. The molecule has 0 spiro atoms. The van der Waals surface area contributed by atoms with Crippen LogP contribution in [0.1, 0.15) is 19.3 Å². The molecule has 1 saturated heterocycles. The number of carbonyl (C=O) groups excluding carboxylic acids is 1. The van der Waals surface area contributed by atoms with E-state index in [0.29, 0.717) is 16.8 Å². The second-order valence-electron chi connectivity index (χ2n) is 6.58. The van der Waals surface area contributed by atoms with Crippen LogP contribution in [0.15, 0.2) is 33.9 Å². The fraction of sp³-hybridized carbons (Fsp3) is 0.500. The second-order valence-corrected chi connectivity index (χ2v) is 6.58. The highest BCUT2D eigenvalue weighted by atomic mass is 16.2. The minimum absolute atomic E-state index is 0.0583. The van der Waals surface area contributed by atoms with Crippen LogP contribution in [0.4, 0.5) is 0 Å². The molecule has 0 radical (unpaired) electrons. The van der Waals surface area contributed by atoms with Crippen LogP contribution in [0.25, 0.3) is 10.9 Å². The van der Waals surface area contributed by atoms with Crippen LogP contribution in [0, 0.1) is 5.92 Å². The predicted octanol–water partition coefficient (Wildman–Crippen LogP) is 0.538. The number of rotatable bonds is 5. The van der Waals surface area contributed by atoms with Gasteiger partial charge in [0, 0.05) is 26.1 Å². The predicted molar refractivity (Wildman–Crippen MR) is 96.7 cm³/mol. The summed E-state index contributed by atoms with van der Waals surface area (Å²) in [5.41, 5.74) is -0.298. The molecular weight excluding hydrogens is 320 g/mol. The van der Waals surface area contributed by atoms with Crippen LogP contribution in [0.3, 0.4) is 0 Å². The Kier molecular flexibility index (Phi) is 5.33. The maximum Gasteiger partial charge on any atom is 0.328 e. The van der Waals surface area contributed by atoms with E-state index in [-0.39, 0.29) is 18.9 Å². The third-order valence-electron chi connectivity index (χ3n) is 4.82. The number of hydrogen-bond acceptors (Lipinski definition) is 4. The van der Waals surface area contributed by atoms with E-state index >= 15 is 0 Å². The molecule has 0 aliphatic carbocycles. The molecule has 1 aliphatic rings. The summed E-state index contributed by atoms with van der Waals surface area (Å²) in [6, 6.07) is 6.96. The van der Waals surface area contributed by atoms with Gasteiger partial charge in [-0.1, -0.05) is 12.1 Å². The van der Waals surface area contributed by atoms with Gasteiger partial charge in [0.15, 0.2) is 0 Å². The minimum Gasteiger partial charge on any atom is -0.342 e. The van der Waals surface area contributed by atoms with E-state index in [0.717, 1.165) is 32.5 Å². The lowest BCUT2D eigenvalue weighted by Gasteiger charge is -2.32. The van der Waals surface area contributed by atoms with E-state index < -0.39 is 11.2 Å². The molecule has 1 aromatic carbocycles. The Morgan fingerprint density at radius 1 is 1.32 bits per heavy atom. The van der Waals surface area contributed by atoms with Crippen molar-refractivity contribution in [2.24, 2.45) is 5.92 Å². The van der Waals surface area contributed by atoms with E-state index in [1.807, 2.05) is 11.9 Å². The van der Waals surface area contributed by atoms with Crippen LogP contribution < -0.4 is 16.6 Å². The smallest absolute Gasteiger partial charge is 0.328 e. The third kappa shape index (κ3) is 3.82. The summed E-state index contributed by atoms with van der Waals surface area (Å²) in [7, 11) is 1.93. The largest absolute Gasteiger partial charge is 0.342 e. The van der Waals surface area contributed by atoms with Crippen LogP contribution in [-0.4, -0.2) is 47.0 Å². The van der Waals surface area contributed by atoms with Gasteiger partial charge in [-0.2, -0.15) is 0 Å². The summed E-state index contributed by atoms with van der Waals surface area (Å²) in [5.74, 6) is 0.544. The molecule has 7 nitrogen and oxygen atoms in total. The van der Waals surface area contributed by atoms with E-state index in [1.165, 1.54) is 4.57 Å². The van der Waals surface area contributed by atoms with Gasteiger partial charge in [0.25, 0.3) is 5.56 Å². The van der Waals surface area contributed by atoms with Gasteiger partial charge in [-0.3, -0.25) is 19.1 Å². The molecule has 1 aliphatic heterocycles. The Morgan fingerprint density at radius 3 is 2.92 bits per heavy atom.